The molecule has 1 amide bonds. The number of ether oxygens (including phenoxy) is 1. The number of likely N-dealkylation sites (tertiary alicyclic amines) is 1. The monoisotopic (exact) mass is 493 g/mol. The lowest BCUT2D eigenvalue weighted by molar-refractivity contribution is -0.0727. The first-order valence-corrected chi connectivity index (χ1v) is 13.4. The SMILES string of the molecule is CC(C)(C)Cc1nc2cc(S(=O)(=O)C3CCN(C(=O)O)CC3)ccc2n1CC1(O)CCOCC1. The van der Waals surface area contributed by atoms with Crippen LogP contribution in [0.2, 0.25) is 0 Å². The topological polar surface area (TPSA) is 122 Å². The normalized spacial score (nSPS) is 20.1. The van der Waals surface area contributed by atoms with Crippen molar-refractivity contribution in [3.05, 3.63) is 24.0 Å². The number of sulfone groups is 1. The molecule has 0 spiro atoms. The fraction of sp³-hybridized carbons (Fsp3) is 0.667. The van der Waals surface area contributed by atoms with E-state index >= 15 is 0 Å². The molecule has 0 saturated carbocycles. The number of fused-ring (bicyclic) bond motifs is 1. The highest BCUT2D eigenvalue weighted by Crippen LogP contribution is 2.32. The second kappa shape index (κ2) is 9.13. The molecule has 2 fully saturated rings. The number of rotatable bonds is 5. The van der Waals surface area contributed by atoms with Crippen LogP contribution in [0.25, 0.3) is 11.0 Å². The summed E-state index contributed by atoms with van der Waals surface area (Å²) in [5.41, 5.74) is 0.476. The molecule has 2 aromatic rings. The maximum absolute atomic E-state index is 13.3. The van der Waals surface area contributed by atoms with Gasteiger partial charge in [0.25, 0.3) is 0 Å². The molecule has 188 valence electrons. The molecule has 0 radical (unpaired) electrons. The first-order valence-electron chi connectivity index (χ1n) is 11.9. The highest BCUT2D eigenvalue weighted by Gasteiger charge is 2.35. The number of aromatic nitrogens is 2. The van der Waals surface area contributed by atoms with Gasteiger partial charge >= 0.3 is 6.09 Å². The Morgan fingerprint density at radius 2 is 1.85 bits per heavy atom. The van der Waals surface area contributed by atoms with Gasteiger partial charge < -0.3 is 24.4 Å². The molecule has 34 heavy (non-hydrogen) atoms. The molecule has 0 atom stereocenters. The molecule has 1 aromatic heterocycles. The van der Waals surface area contributed by atoms with E-state index in [1.54, 1.807) is 18.2 Å². The number of benzene rings is 1. The summed E-state index contributed by atoms with van der Waals surface area (Å²) >= 11 is 0. The molecule has 0 aliphatic carbocycles. The lowest BCUT2D eigenvalue weighted by atomic mass is 9.91. The summed E-state index contributed by atoms with van der Waals surface area (Å²) in [5.74, 6) is 0.826. The van der Waals surface area contributed by atoms with Gasteiger partial charge in [0.1, 0.15) is 5.82 Å². The average molecular weight is 494 g/mol. The van der Waals surface area contributed by atoms with Gasteiger partial charge in [-0.2, -0.15) is 0 Å². The summed E-state index contributed by atoms with van der Waals surface area (Å²) in [6.07, 6.45) is 1.33. The standard InChI is InChI=1S/C24H35N3O6S/c1-23(2,3)15-21-25-19-14-18(34(31,32)17-6-10-26(11-7-17)22(28)29)4-5-20(19)27(21)16-24(30)8-12-33-13-9-24/h4-5,14,17,30H,6-13,15-16H2,1-3H3,(H,28,29). The zero-order chi connectivity index (χ0) is 24.7. The lowest BCUT2D eigenvalue weighted by Gasteiger charge is -2.33. The Morgan fingerprint density at radius 3 is 2.44 bits per heavy atom. The van der Waals surface area contributed by atoms with E-state index in [0.717, 1.165) is 11.3 Å². The number of nitrogens with zero attached hydrogens (tertiary/aromatic N) is 3. The maximum atomic E-state index is 13.3. The van der Waals surface area contributed by atoms with Gasteiger partial charge in [0.15, 0.2) is 9.84 Å². The minimum absolute atomic E-state index is 0.0373. The van der Waals surface area contributed by atoms with Crippen LogP contribution in [-0.2, 0) is 27.5 Å². The van der Waals surface area contributed by atoms with Crippen molar-refractivity contribution in [1.29, 1.82) is 0 Å². The average Bonchev–Trinajstić information content (AvgIpc) is 3.08. The molecule has 3 heterocycles. The van der Waals surface area contributed by atoms with E-state index in [2.05, 4.69) is 20.8 Å². The van der Waals surface area contributed by atoms with Crippen LogP contribution in [0.1, 0.15) is 52.3 Å². The second-order valence-corrected chi connectivity index (χ2v) is 13.1. The highest BCUT2D eigenvalue weighted by atomic mass is 32.2. The van der Waals surface area contributed by atoms with Gasteiger partial charge in [0.05, 0.1) is 33.3 Å². The van der Waals surface area contributed by atoms with Crippen LogP contribution >= 0.6 is 0 Å². The predicted molar refractivity (Wildman–Crippen MR) is 128 cm³/mol. The number of carbonyl (C=O) groups is 1. The van der Waals surface area contributed by atoms with Gasteiger partial charge in [0, 0.05) is 45.6 Å². The molecular formula is C24H35N3O6S. The van der Waals surface area contributed by atoms with E-state index in [1.807, 2.05) is 4.57 Å². The lowest BCUT2D eigenvalue weighted by Crippen LogP contribution is -2.41. The number of imidazole rings is 1. The van der Waals surface area contributed by atoms with Crippen LogP contribution in [0, 0.1) is 5.41 Å². The number of hydrogen-bond acceptors (Lipinski definition) is 6. The Balaban J connectivity index is 1.67. The van der Waals surface area contributed by atoms with Crippen LogP contribution in [-0.4, -0.2) is 76.3 Å². The maximum Gasteiger partial charge on any atom is 0.407 e. The van der Waals surface area contributed by atoms with E-state index in [0.29, 0.717) is 44.5 Å². The molecule has 2 saturated heterocycles. The Hall–Kier alpha value is -2.17. The summed E-state index contributed by atoms with van der Waals surface area (Å²) in [5, 5.41) is 19.7. The van der Waals surface area contributed by atoms with E-state index < -0.39 is 26.8 Å². The zero-order valence-corrected chi connectivity index (χ0v) is 21.0. The molecule has 0 unspecified atom stereocenters. The molecular weight excluding hydrogens is 458 g/mol. The Labute approximate surface area is 200 Å². The Kier molecular flexibility index (Phi) is 6.69. The molecule has 0 bridgehead atoms. The zero-order valence-electron chi connectivity index (χ0n) is 20.2. The van der Waals surface area contributed by atoms with E-state index in [4.69, 9.17) is 14.8 Å². The number of piperidine rings is 1. The largest absolute Gasteiger partial charge is 0.465 e. The minimum atomic E-state index is -3.62. The first kappa shape index (κ1) is 24.9. The van der Waals surface area contributed by atoms with E-state index in [9.17, 15) is 18.3 Å². The molecule has 2 aliphatic rings. The van der Waals surface area contributed by atoms with Crippen molar-refractivity contribution < 1.29 is 28.2 Å². The van der Waals surface area contributed by atoms with Crippen LogP contribution in [0.5, 0.6) is 0 Å². The number of carboxylic acid groups (broad SMARTS) is 1. The summed E-state index contributed by atoms with van der Waals surface area (Å²) in [6, 6.07) is 5.04. The van der Waals surface area contributed by atoms with Gasteiger partial charge in [0.2, 0.25) is 0 Å². The van der Waals surface area contributed by atoms with Gasteiger partial charge in [-0.1, -0.05) is 20.8 Å². The van der Waals surface area contributed by atoms with Crippen molar-refractivity contribution in [3.63, 3.8) is 0 Å². The smallest absolute Gasteiger partial charge is 0.407 e. The Morgan fingerprint density at radius 1 is 1.21 bits per heavy atom. The second-order valence-electron chi connectivity index (χ2n) is 10.9. The number of amides is 1. The van der Waals surface area contributed by atoms with Crippen molar-refractivity contribution in [2.24, 2.45) is 5.41 Å². The summed E-state index contributed by atoms with van der Waals surface area (Å²) in [7, 11) is -3.62. The minimum Gasteiger partial charge on any atom is -0.465 e. The summed E-state index contributed by atoms with van der Waals surface area (Å²) < 4.78 is 34.1. The number of aliphatic hydroxyl groups is 1. The van der Waals surface area contributed by atoms with Gasteiger partial charge in [-0.15, -0.1) is 0 Å². The van der Waals surface area contributed by atoms with Gasteiger partial charge in [-0.25, -0.2) is 18.2 Å². The van der Waals surface area contributed by atoms with E-state index in [-0.39, 0.29) is 36.2 Å². The molecule has 9 nitrogen and oxygen atoms in total. The molecule has 1 aromatic carbocycles. The van der Waals surface area contributed by atoms with Crippen molar-refractivity contribution in [3.8, 4) is 0 Å². The number of hydrogen-bond donors (Lipinski definition) is 2. The third kappa shape index (κ3) is 5.23. The Bertz CT molecular complexity index is 1150. The predicted octanol–water partition coefficient (Wildman–Crippen LogP) is 3.08. The van der Waals surface area contributed by atoms with Crippen LogP contribution in [0.3, 0.4) is 0 Å². The molecule has 2 N–H and O–H groups in total. The van der Waals surface area contributed by atoms with Crippen molar-refractivity contribution >= 4 is 27.0 Å². The fourth-order valence-electron chi connectivity index (χ4n) is 4.88. The highest BCUT2D eigenvalue weighted by molar-refractivity contribution is 7.92. The molecule has 4 rings (SSSR count). The van der Waals surface area contributed by atoms with E-state index in [1.165, 1.54) is 4.90 Å². The third-order valence-electron chi connectivity index (χ3n) is 6.84. The van der Waals surface area contributed by atoms with Crippen molar-refractivity contribution in [2.45, 2.75) is 75.2 Å². The van der Waals surface area contributed by atoms with Gasteiger partial charge in [-0.3, -0.25) is 0 Å². The third-order valence-corrected chi connectivity index (χ3v) is 9.10. The van der Waals surface area contributed by atoms with Crippen molar-refractivity contribution in [2.75, 3.05) is 26.3 Å². The molecule has 10 heteroatoms. The van der Waals surface area contributed by atoms with Crippen LogP contribution < -0.4 is 0 Å². The van der Waals surface area contributed by atoms with Crippen LogP contribution in [0.4, 0.5) is 4.79 Å². The summed E-state index contributed by atoms with van der Waals surface area (Å²) in [4.78, 5) is 17.5. The van der Waals surface area contributed by atoms with Crippen LogP contribution in [0.15, 0.2) is 23.1 Å². The van der Waals surface area contributed by atoms with Gasteiger partial charge in [-0.05, 0) is 36.5 Å². The molecule has 2 aliphatic heterocycles. The first-order chi connectivity index (χ1) is 15.9. The summed E-state index contributed by atoms with van der Waals surface area (Å²) in [6.45, 7) is 8.22. The van der Waals surface area contributed by atoms with Crippen molar-refractivity contribution in [1.82, 2.24) is 14.5 Å². The fourth-order valence-corrected chi connectivity index (χ4v) is 6.63. The quantitative estimate of drug-likeness (QED) is 0.656.